The number of benzene rings is 1. The van der Waals surface area contributed by atoms with E-state index in [1.165, 1.54) is 13.4 Å². The number of hydrogen-bond donors (Lipinski definition) is 3. The molecule has 2 amide bonds. The number of carbonyl (C=O) groups is 2. The first-order chi connectivity index (χ1) is 18.8. The molecule has 11 heteroatoms. The van der Waals surface area contributed by atoms with Crippen molar-refractivity contribution in [3.05, 3.63) is 41.1 Å². The maximum Gasteiger partial charge on any atom is 0.255 e. The first-order valence-electron chi connectivity index (χ1n) is 13.3. The van der Waals surface area contributed by atoms with E-state index in [4.69, 9.17) is 9.47 Å². The molecule has 0 spiro atoms. The van der Waals surface area contributed by atoms with E-state index in [2.05, 4.69) is 25.6 Å². The highest BCUT2D eigenvalue weighted by atomic mass is 19.1. The van der Waals surface area contributed by atoms with Gasteiger partial charge in [0, 0.05) is 25.3 Å². The van der Waals surface area contributed by atoms with Gasteiger partial charge >= 0.3 is 0 Å². The lowest BCUT2D eigenvalue weighted by atomic mass is 9.89. The molecule has 2 saturated carbocycles. The number of ether oxygens (including phenoxy) is 2. The minimum absolute atomic E-state index is 0.0709. The number of aromatic amines is 1. The van der Waals surface area contributed by atoms with Crippen LogP contribution in [0.2, 0.25) is 0 Å². The average molecular weight is 542 g/mol. The van der Waals surface area contributed by atoms with E-state index < -0.39 is 30.0 Å². The Labute approximate surface area is 225 Å². The number of fused-ring (bicyclic) bond motifs is 1. The molecule has 9 nitrogen and oxygen atoms in total. The van der Waals surface area contributed by atoms with Crippen LogP contribution in [0.15, 0.2) is 18.5 Å². The fourth-order valence-electron chi connectivity index (χ4n) is 5.13. The van der Waals surface area contributed by atoms with Crippen molar-refractivity contribution < 1.29 is 27.8 Å². The number of aryl methyl sites for hydroxylation is 2. The number of nitrogens with one attached hydrogen (secondary N) is 3. The standard InChI is InChI=1S/C28H33F2N5O4/c1-14-4-9-20(39-11-16-5-6-16)23(24(14)30)26-27-25(31-13-32-26)22(15(2)33-27)28(37)34-17-7-8-19(18(29)10-17)35-21(36)12-38-3/h4,9,13,16-19,33H,5-8,10-12H2,1-3H3,(H,34,37)(H,35,36)/t17-,18-,19+/m1/s1. The Morgan fingerprint density at radius 1 is 1.13 bits per heavy atom. The van der Waals surface area contributed by atoms with Gasteiger partial charge in [-0.15, -0.1) is 0 Å². The Morgan fingerprint density at radius 2 is 1.92 bits per heavy atom. The van der Waals surface area contributed by atoms with Gasteiger partial charge in [0.05, 0.1) is 29.3 Å². The van der Waals surface area contributed by atoms with Crippen molar-refractivity contribution in [1.82, 2.24) is 25.6 Å². The molecule has 0 aliphatic heterocycles. The van der Waals surface area contributed by atoms with Crippen molar-refractivity contribution in [2.45, 2.75) is 64.2 Å². The van der Waals surface area contributed by atoms with Gasteiger partial charge in [-0.1, -0.05) is 6.07 Å². The summed E-state index contributed by atoms with van der Waals surface area (Å²) < 4.78 is 41.1. The zero-order valence-corrected chi connectivity index (χ0v) is 22.3. The molecule has 1 aromatic carbocycles. The zero-order valence-electron chi connectivity index (χ0n) is 22.3. The Hall–Kier alpha value is -3.60. The number of aromatic nitrogens is 3. The molecule has 2 aromatic heterocycles. The molecule has 0 radical (unpaired) electrons. The highest BCUT2D eigenvalue weighted by Gasteiger charge is 2.33. The fraction of sp³-hybridized carbons (Fsp3) is 0.500. The third-order valence-corrected chi connectivity index (χ3v) is 7.43. The molecule has 0 unspecified atom stereocenters. The van der Waals surface area contributed by atoms with Gasteiger partial charge in [-0.25, -0.2) is 18.7 Å². The summed E-state index contributed by atoms with van der Waals surface area (Å²) in [6, 6.07) is 2.39. The lowest BCUT2D eigenvalue weighted by Gasteiger charge is -2.32. The normalized spacial score (nSPS) is 21.1. The summed E-state index contributed by atoms with van der Waals surface area (Å²) in [5.41, 5.74) is 2.60. The minimum atomic E-state index is -1.30. The molecule has 3 N–H and O–H groups in total. The van der Waals surface area contributed by atoms with Crippen molar-refractivity contribution in [3.63, 3.8) is 0 Å². The van der Waals surface area contributed by atoms with Crippen LogP contribution in [0.3, 0.4) is 0 Å². The van der Waals surface area contributed by atoms with E-state index in [1.807, 2.05) is 0 Å². The van der Waals surface area contributed by atoms with Gasteiger partial charge in [0.15, 0.2) is 0 Å². The first-order valence-corrected chi connectivity index (χ1v) is 13.3. The van der Waals surface area contributed by atoms with E-state index in [-0.39, 0.29) is 24.5 Å². The molecule has 2 heterocycles. The van der Waals surface area contributed by atoms with Crippen LogP contribution in [0, 0.1) is 25.6 Å². The summed E-state index contributed by atoms with van der Waals surface area (Å²) in [5, 5.41) is 5.56. The average Bonchev–Trinajstić information content (AvgIpc) is 3.66. The van der Waals surface area contributed by atoms with E-state index in [9.17, 15) is 14.0 Å². The first kappa shape index (κ1) is 27.0. The summed E-state index contributed by atoms with van der Waals surface area (Å²) in [4.78, 5) is 37.1. The van der Waals surface area contributed by atoms with Gasteiger partial charge in [-0.05, 0) is 57.1 Å². The van der Waals surface area contributed by atoms with Crippen molar-refractivity contribution >= 4 is 22.8 Å². The van der Waals surface area contributed by atoms with Crippen LogP contribution in [-0.4, -0.2) is 65.3 Å². The maximum absolute atomic E-state index is 15.5. The highest BCUT2D eigenvalue weighted by molar-refractivity contribution is 6.09. The van der Waals surface area contributed by atoms with Crippen LogP contribution in [0.1, 0.15) is 53.7 Å². The molecule has 2 aliphatic rings. The van der Waals surface area contributed by atoms with Crippen LogP contribution < -0.4 is 15.4 Å². The SMILES string of the molecule is COCC(=O)N[C@H]1CC[C@@H](NC(=O)c2c(C)[nH]c3c(-c4c(OCC5CC5)ccc(C)c4F)ncnc23)C[C@H]1F. The monoisotopic (exact) mass is 541 g/mol. The van der Waals surface area contributed by atoms with Crippen molar-refractivity contribution in [3.8, 4) is 17.0 Å². The number of methoxy groups -OCH3 is 1. The predicted octanol–water partition coefficient (Wildman–Crippen LogP) is 3.92. The van der Waals surface area contributed by atoms with Crippen LogP contribution in [0.5, 0.6) is 5.75 Å². The van der Waals surface area contributed by atoms with Gasteiger partial charge in [0.25, 0.3) is 5.91 Å². The molecule has 3 aromatic rings. The Balaban J connectivity index is 1.38. The topological polar surface area (TPSA) is 118 Å². The van der Waals surface area contributed by atoms with E-state index >= 15 is 4.39 Å². The molecule has 2 fully saturated rings. The lowest BCUT2D eigenvalue weighted by Crippen LogP contribution is -2.50. The zero-order chi connectivity index (χ0) is 27.7. The Bertz CT molecular complexity index is 1390. The number of hydrogen-bond acceptors (Lipinski definition) is 6. The van der Waals surface area contributed by atoms with Crippen molar-refractivity contribution in [2.75, 3.05) is 20.3 Å². The van der Waals surface area contributed by atoms with E-state index in [1.54, 1.807) is 26.0 Å². The van der Waals surface area contributed by atoms with Crippen LogP contribution in [0.4, 0.5) is 8.78 Å². The molecular weight excluding hydrogens is 508 g/mol. The van der Waals surface area contributed by atoms with Crippen LogP contribution in [-0.2, 0) is 9.53 Å². The highest BCUT2D eigenvalue weighted by Crippen LogP contribution is 2.39. The van der Waals surface area contributed by atoms with E-state index in [0.717, 1.165) is 12.8 Å². The summed E-state index contributed by atoms with van der Waals surface area (Å²) >= 11 is 0. The van der Waals surface area contributed by atoms with Gasteiger partial charge in [0.1, 0.15) is 41.9 Å². The minimum Gasteiger partial charge on any atom is -0.492 e. The predicted molar refractivity (Wildman–Crippen MR) is 141 cm³/mol. The second kappa shape index (κ2) is 11.3. The molecule has 208 valence electrons. The summed E-state index contributed by atoms with van der Waals surface area (Å²) in [7, 11) is 1.40. The number of carbonyl (C=O) groups excluding carboxylic acids is 2. The smallest absolute Gasteiger partial charge is 0.255 e. The van der Waals surface area contributed by atoms with Gasteiger partial charge in [-0.3, -0.25) is 9.59 Å². The van der Waals surface area contributed by atoms with Gasteiger partial charge < -0.3 is 25.1 Å². The van der Waals surface area contributed by atoms with E-state index in [0.29, 0.717) is 64.7 Å². The third kappa shape index (κ3) is 5.73. The maximum atomic E-state index is 15.5. The number of halogens is 2. The molecule has 0 saturated heterocycles. The third-order valence-electron chi connectivity index (χ3n) is 7.43. The van der Waals surface area contributed by atoms with Gasteiger partial charge in [-0.2, -0.15) is 0 Å². The second-order valence-corrected chi connectivity index (χ2v) is 10.5. The van der Waals surface area contributed by atoms with Crippen LogP contribution in [0.25, 0.3) is 22.3 Å². The van der Waals surface area contributed by atoms with Crippen molar-refractivity contribution in [1.29, 1.82) is 0 Å². The van der Waals surface area contributed by atoms with Crippen LogP contribution >= 0.6 is 0 Å². The quantitative estimate of drug-likeness (QED) is 0.378. The Kier molecular flexibility index (Phi) is 7.79. The van der Waals surface area contributed by atoms with Gasteiger partial charge in [0.2, 0.25) is 5.91 Å². The molecule has 0 bridgehead atoms. The number of H-pyrrole nitrogens is 1. The largest absolute Gasteiger partial charge is 0.492 e. The molecular formula is C28H33F2N5O4. The number of alkyl halides is 1. The molecule has 3 atom stereocenters. The molecule has 2 aliphatic carbocycles. The molecule has 39 heavy (non-hydrogen) atoms. The second-order valence-electron chi connectivity index (χ2n) is 10.5. The van der Waals surface area contributed by atoms with Crippen molar-refractivity contribution in [2.24, 2.45) is 5.92 Å². The molecule has 5 rings (SSSR count). The number of amides is 2. The lowest BCUT2D eigenvalue weighted by molar-refractivity contribution is -0.126. The Morgan fingerprint density at radius 3 is 2.64 bits per heavy atom. The number of nitrogens with zero attached hydrogens (tertiary/aromatic N) is 2. The fourth-order valence-corrected chi connectivity index (χ4v) is 5.13. The summed E-state index contributed by atoms with van der Waals surface area (Å²) in [6.07, 6.45) is 3.16. The number of rotatable bonds is 9. The summed E-state index contributed by atoms with van der Waals surface area (Å²) in [6.45, 7) is 3.79. The summed E-state index contributed by atoms with van der Waals surface area (Å²) in [5.74, 6) is -0.339.